The summed E-state index contributed by atoms with van der Waals surface area (Å²) in [5.74, 6) is -0.752. The second kappa shape index (κ2) is 5.96. The molecule has 0 spiro atoms. The smallest absolute Gasteiger partial charge is 0.251 e. The number of anilines is 1. The van der Waals surface area contributed by atoms with Gasteiger partial charge < -0.3 is 5.32 Å². The van der Waals surface area contributed by atoms with Gasteiger partial charge in [0.2, 0.25) is 0 Å². The van der Waals surface area contributed by atoms with Crippen molar-refractivity contribution in [3.8, 4) is 0 Å². The maximum atomic E-state index is 13.4. The average Bonchev–Trinajstić information content (AvgIpc) is 2.42. The van der Waals surface area contributed by atoms with Crippen molar-refractivity contribution in [3.63, 3.8) is 0 Å². The molecule has 2 aromatic rings. The Kier molecular flexibility index (Phi) is 4.08. The summed E-state index contributed by atoms with van der Waals surface area (Å²) in [5, 5.41) is 2.55. The quantitative estimate of drug-likeness (QED) is 0.829. The number of benzene rings is 2. The first-order valence-electron chi connectivity index (χ1n) is 5.96. The van der Waals surface area contributed by atoms with Crippen molar-refractivity contribution in [1.29, 1.82) is 0 Å². The van der Waals surface area contributed by atoms with E-state index in [1.165, 1.54) is 12.1 Å². The molecular formula is C16H14FNO. The molecule has 0 atom stereocenters. The van der Waals surface area contributed by atoms with Crippen LogP contribution in [0.1, 0.15) is 12.5 Å². The maximum absolute atomic E-state index is 13.4. The Hall–Kier alpha value is -2.42. The van der Waals surface area contributed by atoms with Gasteiger partial charge in [-0.1, -0.05) is 42.5 Å². The van der Waals surface area contributed by atoms with Crippen LogP contribution in [0, 0.1) is 5.82 Å². The molecule has 3 heteroatoms. The molecule has 19 heavy (non-hydrogen) atoms. The van der Waals surface area contributed by atoms with Crippen LogP contribution < -0.4 is 5.32 Å². The first-order valence-corrected chi connectivity index (χ1v) is 5.96. The third kappa shape index (κ3) is 3.52. The van der Waals surface area contributed by atoms with Crippen molar-refractivity contribution < 1.29 is 9.18 Å². The number of halogens is 1. The van der Waals surface area contributed by atoms with Crippen LogP contribution >= 0.6 is 0 Å². The van der Waals surface area contributed by atoms with Gasteiger partial charge in [-0.3, -0.25) is 4.79 Å². The Morgan fingerprint density at radius 2 is 1.68 bits per heavy atom. The molecule has 1 N–H and O–H groups in total. The third-order valence-corrected chi connectivity index (χ3v) is 2.66. The molecule has 0 aliphatic carbocycles. The molecule has 0 saturated heterocycles. The number of hydrogen-bond donors (Lipinski definition) is 1. The monoisotopic (exact) mass is 255 g/mol. The third-order valence-electron chi connectivity index (χ3n) is 2.66. The van der Waals surface area contributed by atoms with Crippen LogP contribution in [0.2, 0.25) is 0 Å². The molecule has 2 nitrogen and oxygen atoms in total. The van der Waals surface area contributed by atoms with Gasteiger partial charge in [0.25, 0.3) is 5.91 Å². The lowest BCUT2D eigenvalue weighted by Gasteiger charge is -2.06. The van der Waals surface area contributed by atoms with Gasteiger partial charge in [0.15, 0.2) is 0 Å². The van der Waals surface area contributed by atoms with Crippen LogP contribution in [0.15, 0.2) is 60.2 Å². The molecule has 2 aromatic carbocycles. The highest BCUT2D eigenvalue weighted by Crippen LogP contribution is 2.14. The minimum atomic E-state index is -0.441. The molecule has 0 aliphatic heterocycles. The Labute approximate surface area is 111 Å². The summed E-state index contributed by atoms with van der Waals surface area (Å²) in [6.45, 7) is 1.70. The SMILES string of the molecule is CC(=Cc1ccccc1)C(=O)Nc1ccccc1F. The van der Waals surface area contributed by atoms with Crippen LogP contribution in [0.25, 0.3) is 6.08 Å². The van der Waals surface area contributed by atoms with E-state index in [2.05, 4.69) is 5.32 Å². The van der Waals surface area contributed by atoms with Crippen LogP contribution in [-0.2, 0) is 4.79 Å². The van der Waals surface area contributed by atoms with Crippen molar-refractivity contribution in [2.45, 2.75) is 6.92 Å². The zero-order chi connectivity index (χ0) is 13.7. The van der Waals surface area contributed by atoms with E-state index >= 15 is 0 Å². The Morgan fingerprint density at radius 1 is 1.05 bits per heavy atom. The lowest BCUT2D eigenvalue weighted by atomic mass is 10.1. The van der Waals surface area contributed by atoms with Gasteiger partial charge in [0.1, 0.15) is 5.82 Å². The lowest BCUT2D eigenvalue weighted by Crippen LogP contribution is -2.13. The van der Waals surface area contributed by atoms with Crippen LogP contribution in [0.3, 0.4) is 0 Å². The fourth-order valence-electron chi connectivity index (χ4n) is 1.65. The molecule has 1 amide bonds. The molecule has 96 valence electrons. The van der Waals surface area contributed by atoms with Gasteiger partial charge in [-0.25, -0.2) is 4.39 Å². The lowest BCUT2D eigenvalue weighted by molar-refractivity contribution is -0.112. The molecule has 0 radical (unpaired) electrons. The van der Waals surface area contributed by atoms with E-state index in [1.807, 2.05) is 30.3 Å². The highest BCUT2D eigenvalue weighted by atomic mass is 19.1. The highest BCUT2D eigenvalue weighted by Gasteiger charge is 2.07. The number of rotatable bonds is 3. The molecule has 0 fully saturated rings. The summed E-state index contributed by atoms with van der Waals surface area (Å²) in [4.78, 5) is 11.9. The van der Waals surface area contributed by atoms with E-state index in [4.69, 9.17) is 0 Å². The summed E-state index contributed by atoms with van der Waals surface area (Å²) in [5.41, 5.74) is 1.64. The summed E-state index contributed by atoms with van der Waals surface area (Å²) < 4.78 is 13.4. The molecule has 0 aromatic heterocycles. The van der Waals surface area contributed by atoms with Gasteiger partial charge >= 0.3 is 0 Å². The standard InChI is InChI=1S/C16H14FNO/c1-12(11-13-7-3-2-4-8-13)16(19)18-15-10-6-5-9-14(15)17/h2-11H,1H3,(H,18,19). The van der Waals surface area contributed by atoms with Gasteiger partial charge in [-0.2, -0.15) is 0 Å². The number of nitrogens with one attached hydrogen (secondary N) is 1. The summed E-state index contributed by atoms with van der Waals surface area (Å²) >= 11 is 0. The van der Waals surface area contributed by atoms with Crippen molar-refractivity contribution in [2.24, 2.45) is 0 Å². The van der Waals surface area contributed by atoms with E-state index < -0.39 is 5.82 Å². The van der Waals surface area contributed by atoms with Gasteiger partial charge in [0, 0.05) is 5.57 Å². The first kappa shape index (κ1) is 13.0. The fraction of sp³-hybridized carbons (Fsp3) is 0.0625. The Morgan fingerprint density at radius 3 is 2.37 bits per heavy atom. The zero-order valence-corrected chi connectivity index (χ0v) is 10.6. The van der Waals surface area contributed by atoms with E-state index in [1.54, 1.807) is 25.1 Å². The van der Waals surface area contributed by atoms with E-state index in [9.17, 15) is 9.18 Å². The van der Waals surface area contributed by atoms with Crippen molar-refractivity contribution in [2.75, 3.05) is 5.32 Å². The predicted octanol–water partition coefficient (Wildman–Crippen LogP) is 3.87. The first-order chi connectivity index (χ1) is 9.16. The summed E-state index contributed by atoms with van der Waals surface area (Å²) in [7, 11) is 0. The van der Waals surface area contributed by atoms with Gasteiger partial charge in [-0.15, -0.1) is 0 Å². The molecule has 0 aliphatic rings. The van der Waals surface area contributed by atoms with Crippen LogP contribution in [0.5, 0.6) is 0 Å². The Balaban J connectivity index is 2.12. The molecule has 2 rings (SSSR count). The minimum absolute atomic E-state index is 0.188. The average molecular weight is 255 g/mol. The van der Waals surface area contributed by atoms with E-state index in [-0.39, 0.29) is 11.6 Å². The predicted molar refractivity (Wildman–Crippen MR) is 75.1 cm³/mol. The Bertz CT molecular complexity index is 605. The zero-order valence-electron chi connectivity index (χ0n) is 10.6. The fourth-order valence-corrected chi connectivity index (χ4v) is 1.65. The second-order valence-corrected chi connectivity index (χ2v) is 4.17. The largest absolute Gasteiger partial charge is 0.320 e. The number of para-hydroxylation sites is 1. The van der Waals surface area contributed by atoms with Crippen molar-refractivity contribution in [1.82, 2.24) is 0 Å². The van der Waals surface area contributed by atoms with Crippen molar-refractivity contribution >= 4 is 17.7 Å². The number of amides is 1. The summed E-state index contributed by atoms with van der Waals surface area (Å²) in [6.07, 6.45) is 1.76. The molecule has 0 unspecified atom stereocenters. The molecule has 0 heterocycles. The molecule has 0 saturated carbocycles. The van der Waals surface area contributed by atoms with Crippen molar-refractivity contribution in [3.05, 3.63) is 71.6 Å². The topological polar surface area (TPSA) is 29.1 Å². The van der Waals surface area contributed by atoms with Crippen LogP contribution in [0.4, 0.5) is 10.1 Å². The van der Waals surface area contributed by atoms with E-state index in [0.29, 0.717) is 5.57 Å². The number of hydrogen-bond acceptors (Lipinski definition) is 1. The van der Waals surface area contributed by atoms with Gasteiger partial charge in [-0.05, 0) is 30.7 Å². The second-order valence-electron chi connectivity index (χ2n) is 4.17. The normalized spacial score (nSPS) is 11.2. The van der Waals surface area contributed by atoms with Crippen LogP contribution in [-0.4, -0.2) is 5.91 Å². The minimum Gasteiger partial charge on any atom is -0.320 e. The molecular weight excluding hydrogens is 241 g/mol. The number of carbonyl (C=O) groups excluding carboxylic acids is 1. The maximum Gasteiger partial charge on any atom is 0.251 e. The van der Waals surface area contributed by atoms with E-state index in [0.717, 1.165) is 5.56 Å². The summed E-state index contributed by atoms with van der Waals surface area (Å²) in [6, 6.07) is 15.6. The molecule has 0 bridgehead atoms. The van der Waals surface area contributed by atoms with Gasteiger partial charge in [0.05, 0.1) is 5.69 Å². The highest BCUT2D eigenvalue weighted by molar-refractivity contribution is 6.06. The number of carbonyl (C=O) groups is 1.